The lowest BCUT2D eigenvalue weighted by atomic mass is 9.89. The van der Waals surface area contributed by atoms with E-state index < -0.39 is 0 Å². The number of anilines is 1. The predicted octanol–water partition coefficient (Wildman–Crippen LogP) is 2.84. The van der Waals surface area contributed by atoms with Crippen molar-refractivity contribution in [3.8, 4) is 0 Å². The first-order valence-corrected chi connectivity index (χ1v) is 5.91. The number of hydrogen-bond donors (Lipinski definition) is 2. The Bertz CT molecular complexity index is 279. The van der Waals surface area contributed by atoms with Crippen LogP contribution in [0.2, 0.25) is 0 Å². The lowest BCUT2D eigenvalue weighted by Crippen LogP contribution is -2.25. The van der Waals surface area contributed by atoms with Crippen LogP contribution in [0.25, 0.3) is 0 Å². The molecule has 0 spiro atoms. The van der Waals surface area contributed by atoms with E-state index >= 15 is 0 Å². The van der Waals surface area contributed by atoms with Crippen LogP contribution in [-0.4, -0.2) is 13.1 Å². The van der Waals surface area contributed by atoms with E-state index in [0.29, 0.717) is 0 Å². The molecule has 0 aromatic carbocycles. The third-order valence-electron chi connectivity index (χ3n) is 2.41. The minimum atomic E-state index is 0.283. The van der Waals surface area contributed by atoms with Gasteiger partial charge in [-0.1, -0.05) is 13.8 Å². The second-order valence-electron chi connectivity index (χ2n) is 4.49. The van der Waals surface area contributed by atoms with Crippen LogP contribution in [-0.2, 0) is 0 Å². The van der Waals surface area contributed by atoms with Crippen molar-refractivity contribution in [2.75, 3.05) is 18.4 Å². The normalized spacial score (nSPS) is 11.7. The van der Waals surface area contributed by atoms with Gasteiger partial charge in [-0.2, -0.15) is 0 Å². The van der Waals surface area contributed by atoms with Crippen molar-refractivity contribution >= 4 is 16.3 Å². The molecule has 0 saturated heterocycles. The molecule has 0 aliphatic heterocycles. The number of nitrogens with two attached hydrogens (primary N) is 1. The van der Waals surface area contributed by atoms with Crippen LogP contribution in [0.4, 0.5) is 5.00 Å². The summed E-state index contributed by atoms with van der Waals surface area (Å²) in [6.45, 7) is 8.38. The van der Waals surface area contributed by atoms with Crippen molar-refractivity contribution in [2.45, 2.75) is 27.2 Å². The number of nitrogens with one attached hydrogen (secondary N) is 1. The molecule has 14 heavy (non-hydrogen) atoms. The van der Waals surface area contributed by atoms with E-state index in [9.17, 15) is 0 Å². The van der Waals surface area contributed by atoms with Gasteiger partial charge in [0.25, 0.3) is 0 Å². The van der Waals surface area contributed by atoms with Crippen LogP contribution in [0.1, 0.15) is 25.8 Å². The van der Waals surface area contributed by atoms with E-state index in [1.807, 2.05) is 0 Å². The van der Waals surface area contributed by atoms with Crippen molar-refractivity contribution in [1.29, 1.82) is 0 Å². The quantitative estimate of drug-likeness (QED) is 0.787. The van der Waals surface area contributed by atoms with Crippen molar-refractivity contribution < 1.29 is 0 Å². The molecule has 1 heterocycles. The van der Waals surface area contributed by atoms with Gasteiger partial charge in [0.1, 0.15) is 0 Å². The minimum absolute atomic E-state index is 0.283. The Morgan fingerprint density at radius 3 is 2.71 bits per heavy atom. The predicted molar refractivity (Wildman–Crippen MR) is 65.0 cm³/mol. The maximum absolute atomic E-state index is 5.57. The average molecular weight is 212 g/mol. The van der Waals surface area contributed by atoms with E-state index in [1.165, 1.54) is 10.6 Å². The van der Waals surface area contributed by atoms with E-state index in [0.717, 1.165) is 19.5 Å². The maximum Gasteiger partial charge on any atom is 0.0912 e. The Hall–Kier alpha value is -0.540. The van der Waals surface area contributed by atoms with Gasteiger partial charge in [-0.3, -0.25) is 0 Å². The van der Waals surface area contributed by atoms with Gasteiger partial charge in [0.05, 0.1) is 5.00 Å². The first kappa shape index (κ1) is 11.5. The molecule has 0 amide bonds. The topological polar surface area (TPSA) is 38.0 Å². The van der Waals surface area contributed by atoms with Crippen molar-refractivity contribution in [2.24, 2.45) is 11.1 Å². The fourth-order valence-corrected chi connectivity index (χ4v) is 2.17. The lowest BCUT2D eigenvalue weighted by molar-refractivity contribution is 0.365. The van der Waals surface area contributed by atoms with E-state index in [4.69, 9.17) is 5.73 Å². The van der Waals surface area contributed by atoms with E-state index in [1.54, 1.807) is 11.3 Å². The molecule has 3 heteroatoms. The molecule has 0 aliphatic carbocycles. The Kier molecular flexibility index (Phi) is 3.96. The maximum atomic E-state index is 5.57. The summed E-state index contributed by atoms with van der Waals surface area (Å²) in [5.41, 5.74) is 7.18. The Morgan fingerprint density at radius 1 is 1.50 bits per heavy atom. The highest BCUT2D eigenvalue weighted by Gasteiger charge is 2.16. The zero-order valence-corrected chi connectivity index (χ0v) is 10.1. The van der Waals surface area contributed by atoms with Crippen molar-refractivity contribution in [3.05, 3.63) is 17.0 Å². The van der Waals surface area contributed by atoms with Gasteiger partial charge in [0.15, 0.2) is 0 Å². The molecule has 0 bridgehead atoms. The van der Waals surface area contributed by atoms with Crippen LogP contribution in [0.3, 0.4) is 0 Å². The highest BCUT2D eigenvalue weighted by Crippen LogP contribution is 2.25. The zero-order chi connectivity index (χ0) is 10.6. The first-order valence-electron chi connectivity index (χ1n) is 5.03. The summed E-state index contributed by atoms with van der Waals surface area (Å²) in [6, 6.07) is 2.14. The van der Waals surface area contributed by atoms with Crippen molar-refractivity contribution in [3.63, 3.8) is 0 Å². The van der Waals surface area contributed by atoms with E-state index in [-0.39, 0.29) is 5.41 Å². The summed E-state index contributed by atoms with van der Waals surface area (Å²) in [6.07, 6.45) is 1.06. The summed E-state index contributed by atoms with van der Waals surface area (Å²) in [5.74, 6) is 0. The van der Waals surface area contributed by atoms with Gasteiger partial charge in [0.2, 0.25) is 0 Å². The largest absolute Gasteiger partial charge is 0.376 e. The number of aryl methyl sites for hydroxylation is 1. The summed E-state index contributed by atoms with van der Waals surface area (Å²) < 4.78 is 0. The SMILES string of the molecule is Cc1ccsc1NCC(C)(C)CCN. The number of rotatable bonds is 5. The average Bonchev–Trinajstić information content (AvgIpc) is 2.48. The Labute approximate surface area is 90.5 Å². The third-order valence-corrected chi connectivity index (χ3v) is 3.38. The number of hydrogen-bond acceptors (Lipinski definition) is 3. The van der Waals surface area contributed by atoms with Crippen molar-refractivity contribution in [1.82, 2.24) is 0 Å². The Morgan fingerprint density at radius 2 is 2.21 bits per heavy atom. The molecule has 3 N–H and O–H groups in total. The summed E-state index contributed by atoms with van der Waals surface area (Å²) in [7, 11) is 0. The van der Waals surface area contributed by atoms with Gasteiger partial charge < -0.3 is 11.1 Å². The van der Waals surface area contributed by atoms with Crippen LogP contribution >= 0.6 is 11.3 Å². The lowest BCUT2D eigenvalue weighted by Gasteiger charge is -2.24. The highest BCUT2D eigenvalue weighted by molar-refractivity contribution is 7.14. The minimum Gasteiger partial charge on any atom is -0.376 e. The molecule has 0 unspecified atom stereocenters. The summed E-state index contributed by atoms with van der Waals surface area (Å²) in [5, 5.41) is 6.89. The van der Waals surface area contributed by atoms with Crippen LogP contribution in [0.5, 0.6) is 0 Å². The Balaban J connectivity index is 2.44. The molecule has 0 radical (unpaired) electrons. The molecule has 0 aliphatic rings. The second kappa shape index (κ2) is 4.80. The molecule has 0 fully saturated rings. The molecule has 80 valence electrons. The van der Waals surface area contributed by atoms with Crippen LogP contribution < -0.4 is 11.1 Å². The first-order chi connectivity index (χ1) is 6.55. The molecule has 1 aromatic heterocycles. The monoisotopic (exact) mass is 212 g/mol. The van der Waals surface area contributed by atoms with Gasteiger partial charge in [0, 0.05) is 6.54 Å². The van der Waals surface area contributed by atoms with Gasteiger partial charge in [-0.25, -0.2) is 0 Å². The fraction of sp³-hybridized carbons (Fsp3) is 0.636. The van der Waals surface area contributed by atoms with Gasteiger partial charge >= 0.3 is 0 Å². The molecular weight excluding hydrogens is 192 g/mol. The summed E-state index contributed by atoms with van der Waals surface area (Å²) >= 11 is 1.77. The molecule has 2 nitrogen and oxygen atoms in total. The highest BCUT2D eigenvalue weighted by atomic mass is 32.1. The molecule has 1 rings (SSSR count). The van der Waals surface area contributed by atoms with Crippen LogP contribution in [0.15, 0.2) is 11.4 Å². The third kappa shape index (κ3) is 3.31. The fourth-order valence-electron chi connectivity index (χ4n) is 1.35. The van der Waals surface area contributed by atoms with Gasteiger partial charge in [-0.05, 0) is 42.3 Å². The molecule has 0 atom stereocenters. The molecule has 0 saturated carbocycles. The summed E-state index contributed by atoms with van der Waals surface area (Å²) in [4.78, 5) is 0. The second-order valence-corrected chi connectivity index (χ2v) is 5.41. The zero-order valence-electron chi connectivity index (χ0n) is 9.26. The molecular formula is C11H20N2S. The number of thiophene rings is 1. The molecule has 1 aromatic rings. The van der Waals surface area contributed by atoms with E-state index in [2.05, 4.69) is 37.5 Å². The smallest absolute Gasteiger partial charge is 0.0912 e. The standard InChI is InChI=1S/C11H20N2S/c1-9-4-7-14-10(9)13-8-11(2,3)5-6-12/h4,7,13H,5-6,8,12H2,1-3H3. The van der Waals surface area contributed by atoms with Crippen LogP contribution in [0, 0.1) is 12.3 Å². The van der Waals surface area contributed by atoms with Gasteiger partial charge in [-0.15, -0.1) is 11.3 Å².